The summed E-state index contributed by atoms with van der Waals surface area (Å²) in [5.74, 6) is 0.863. The Labute approximate surface area is 157 Å². The highest BCUT2D eigenvalue weighted by Gasteiger charge is 2.42. The number of amides is 1. The van der Waals surface area contributed by atoms with Crippen molar-refractivity contribution in [2.45, 2.75) is 57.8 Å². The number of unbranched alkanes of at least 4 members (excludes halogenated alkanes) is 2. The Balaban J connectivity index is 2.09. The van der Waals surface area contributed by atoms with Crippen LogP contribution in [0, 0.1) is 0 Å². The Kier molecular flexibility index (Phi) is 5.76. The first-order valence-corrected chi connectivity index (χ1v) is 10.1. The average molecular weight is 374 g/mol. The molecular weight excluding hydrogens is 348 g/mol. The number of thioether (sulfide) groups is 1. The SMILES string of the molecule is CCCCCSc1n[n+]2c(c(=O)[nH]1)-c1ccccc1N(C(C)=O)[C@@H]2CC. The monoisotopic (exact) mass is 373 g/mol. The summed E-state index contributed by atoms with van der Waals surface area (Å²) in [5, 5.41) is 5.29. The summed E-state index contributed by atoms with van der Waals surface area (Å²) in [4.78, 5) is 29.8. The molecule has 1 aliphatic rings. The number of aromatic amines is 1. The molecule has 0 saturated carbocycles. The number of fused-ring (bicyclic) bond motifs is 3. The molecule has 1 aliphatic heterocycles. The Morgan fingerprint density at radius 1 is 1.31 bits per heavy atom. The van der Waals surface area contributed by atoms with Crippen LogP contribution < -0.4 is 15.1 Å². The van der Waals surface area contributed by atoms with E-state index < -0.39 is 0 Å². The molecule has 0 unspecified atom stereocenters. The number of aromatic nitrogens is 3. The van der Waals surface area contributed by atoms with Crippen molar-refractivity contribution in [3.8, 4) is 11.3 Å². The van der Waals surface area contributed by atoms with Gasteiger partial charge in [-0.25, -0.2) is 0 Å². The first kappa shape index (κ1) is 18.6. The Bertz CT molecular complexity index is 865. The minimum absolute atomic E-state index is 0.0540. The largest absolute Gasteiger partial charge is 0.325 e. The second-order valence-electron chi connectivity index (χ2n) is 6.40. The predicted octanol–water partition coefficient (Wildman–Crippen LogP) is 3.28. The third-order valence-corrected chi connectivity index (χ3v) is 5.50. The fraction of sp³-hybridized carbons (Fsp3) is 0.474. The molecule has 1 N–H and O–H groups in total. The van der Waals surface area contributed by atoms with Crippen molar-refractivity contribution in [3.63, 3.8) is 0 Å². The molecule has 0 spiro atoms. The Hall–Kier alpha value is -2.15. The van der Waals surface area contributed by atoms with Crippen LogP contribution in [0.3, 0.4) is 0 Å². The maximum atomic E-state index is 12.8. The van der Waals surface area contributed by atoms with Gasteiger partial charge in [-0.1, -0.05) is 55.3 Å². The molecule has 0 fully saturated rings. The zero-order valence-corrected chi connectivity index (χ0v) is 16.3. The van der Waals surface area contributed by atoms with Crippen LogP contribution in [0.1, 0.15) is 52.6 Å². The summed E-state index contributed by atoms with van der Waals surface area (Å²) >= 11 is 1.56. The van der Waals surface area contributed by atoms with E-state index in [9.17, 15) is 9.59 Å². The molecule has 1 aromatic carbocycles. The van der Waals surface area contributed by atoms with Gasteiger partial charge in [0.2, 0.25) is 11.1 Å². The highest BCUT2D eigenvalue weighted by Crippen LogP contribution is 2.35. The van der Waals surface area contributed by atoms with Gasteiger partial charge in [-0.3, -0.25) is 19.5 Å². The topological polar surface area (TPSA) is 69.9 Å². The highest BCUT2D eigenvalue weighted by molar-refractivity contribution is 7.99. The van der Waals surface area contributed by atoms with Gasteiger partial charge in [-0.15, -0.1) is 0 Å². The summed E-state index contributed by atoms with van der Waals surface area (Å²) in [7, 11) is 0. The molecule has 0 saturated heterocycles. The Morgan fingerprint density at radius 2 is 2.08 bits per heavy atom. The molecule has 7 heteroatoms. The van der Waals surface area contributed by atoms with Gasteiger partial charge in [0.05, 0.1) is 11.3 Å². The summed E-state index contributed by atoms with van der Waals surface area (Å²) in [5.41, 5.74) is 1.86. The van der Waals surface area contributed by atoms with Gasteiger partial charge in [0, 0.05) is 24.2 Å². The molecule has 138 valence electrons. The van der Waals surface area contributed by atoms with Gasteiger partial charge in [0.1, 0.15) is 0 Å². The fourth-order valence-corrected chi connectivity index (χ4v) is 4.22. The quantitative estimate of drug-likeness (QED) is 0.479. The van der Waals surface area contributed by atoms with E-state index in [0.717, 1.165) is 29.8 Å². The van der Waals surface area contributed by atoms with Crippen LogP contribution in [-0.2, 0) is 4.79 Å². The number of carbonyl (C=O) groups excluding carboxylic acids is 1. The maximum Gasteiger partial charge on any atom is 0.325 e. The predicted molar refractivity (Wildman–Crippen MR) is 103 cm³/mol. The molecule has 1 aromatic heterocycles. The van der Waals surface area contributed by atoms with Crippen molar-refractivity contribution < 1.29 is 9.48 Å². The lowest BCUT2D eigenvalue weighted by Gasteiger charge is -2.30. The lowest BCUT2D eigenvalue weighted by molar-refractivity contribution is -0.771. The first-order chi connectivity index (χ1) is 12.6. The number of anilines is 1. The van der Waals surface area contributed by atoms with Crippen molar-refractivity contribution in [1.82, 2.24) is 10.1 Å². The van der Waals surface area contributed by atoms with Gasteiger partial charge in [0.15, 0.2) is 0 Å². The zero-order chi connectivity index (χ0) is 18.7. The molecule has 1 amide bonds. The average Bonchev–Trinajstić information content (AvgIpc) is 2.63. The van der Waals surface area contributed by atoms with Crippen molar-refractivity contribution in [3.05, 3.63) is 34.6 Å². The third-order valence-electron chi connectivity index (χ3n) is 4.55. The van der Waals surface area contributed by atoms with Crippen LogP contribution in [0.25, 0.3) is 11.3 Å². The third kappa shape index (κ3) is 3.40. The number of para-hydroxylation sites is 1. The highest BCUT2D eigenvalue weighted by atomic mass is 32.2. The molecule has 3 rings (SSSR count). The zero-order valence-electron chi connectivity index (χ0n) is 15.5. The van der Waals surface area contributed by atoms with Crippen LogP contribution >= 0.6 is 11.8 Å². The van der Waals surface area contributed by atoms with Gasteiger partial charge in [0.25, 0.3) is 6.17 Å². The van der Waals surface area contributed by atoms with Crippen molar-refractivity contribution in [2.75, 3.05) is 10.7 Å². The van der Waals surface area contributed by atoms with Gasteiger partial charge in [-0.2, -0.15) is 0 Å². The summed E-state index contributed by atoms with van der Waals surface area (Å²) < 4.78 is 1.73. The van der Waals surface area contributed by atoms with E-state index in [0.29, 0.717) is 17.3 Å². The second-order valence-corrected chi connectivity index (χ2v) is 7.49. The number of benzene rings is 1. The van der Waals surface area contributed by atoms with Crippen molar-refractivity contribution >= 4 is 23.4 Å². The van der Waals surface area contributed by atoms with Gasteiger partial charge >= 0.3 is 11.3 Å². The second kappa shape index (κ2) is 8.03. The number of hydrogen-bond acceptors (Lipinski definition) is 4. The molecule has 0 bridgehead atoms. The molecule has 1 atom stereocenters. The van der Waals surface area contributed by atoms with E-state index >= 15 is 0 Å². The van der Waals surface area contributed by atoms with Gasteiger partial charge < -0.3 is 0 Å². The standard InChI is InChI=1S/C19H24N4O2S/c1-4-6-9-12-26-19-20-18(25)17-14-10-7-8-11-15(14)22(13(3)24)16(5-2)23(17)21-19/h7-8,10-11,16H,4-6,9,12H2,1-3H3/p+1/t16-/m0/s1. The number of rotatable bonds is 6. The first-order valence-electron chi connectivity index (χ1n) is 9.16. The number of nitrogens with zero attached hydrogens (tertiary/aromatic N) is 3. The molecule has 6 nitrogen and oxygen atoms in total. The summed E-state index contributed by atoms with van der Waals surface area (Å²) in [6, 6.07) is 7.51. The van der Waals surface area contributed by atoms with E-state index in [1.54, 1.807) is 28.3 Å². The molecule has 0 aliphatic carbocycles. The van der Waals surface area contributed by atoms with Crippen molar-refractivity contribution in [1.29, 1.82) is 0 Å². The number of hydrogen-bond donors (Lipinski definition) is 1. The van der Waals surface area contributed by atoms with Crippen LogP contribution in [0.5, 0.6) is 0 Å². The number of nitrogens with one attached hydrogen (secondary N) is 1. The van der Waals surface area contributed by atoms with Gasteiger partial charge in [-0.05, 0) is 18.6 Å². The normalized spacial score (nSPS) is 15.5. The molecule has 2 aromatic rings. The minimum Gasteiger partial charge on any atom is -0.291 e. The Morgan fingerprint density at radius 3 is 2.77 bits per heavy atom. The summed E-state index contributed by atoms with van der Waals surface area (Å²) in [6.07, 6.45) is 3.79. The lowest BCUT2D eigenvalue weighted by Crippen LogP contribution is -2.60. The van der Waals surface area contributed by atoms with Crippen molar-refractivity contribution in [2.24, 2.45) is 0 Å². The van der Waals surface area contributed by atoms with Crippen LogP contribution in [0.2, 0.25) is 0 Å². The lowest BCUT2D eigenvalue weighted by atomic mass is 10.0. The molecule has 26 heavy (non-hydrogen) atoms. The number of H-pyrrole nitrogens is 1. The van der Waals surface area contributed by atoms with Crippen LogP contribution in [0.4, 0.5) is 5.69 Å². The molecule has 0 radical (unpaired) electrons. The molecular formula is C19H25N4O2S+. The van der Waals surface area contributed by atoms with Crippen LogP contribution in [0.15, 0.2) is 34.2 Å². The van der Waals surface area contributed by atoms with E-state index in [-0.39, 0.29) is 17.6 Å². The van der Waals surface area contributed by atoms with E-state index in [1.165, 1.54) is 6.42 Å². The smallest absolute Gasteiger partial charge is 0.291 e. The van der Waals surface area contributed by atoms with E-state index in [2.05, 4.69) is 17.0 Å². The summed E-state index contributed by atoms with van der Waals surface area (Å²) in [6.45, 7) is 5.72. The molecule has 2 heterocycles. The van der Waals surface area contributed by atoms with E-state index in [1.807, 2.05) is 31.2 Å². The maximum absolute atomic E-state index is 12.8. The number of carbonyl (C=O) groups is 1. The van der Waals surface area contributed by atoms with E-state index in [4.69, 9.17) is 0 Å². The van der Waals surface area contributed by atoms with Crippen LogP contribution in [-0.4, -0.2) is 21.7 Å². The fourth-order valence-electron chi connectivity index (χ4n) is 3.37. The minimum atomic E-state index is -0.297.